The number of nitrogens with one attached hydrogen (secondary N) is 1. The summed E-state index contributed by atoms with van der Waals surface area (Å²) in [5.41, 5.74) is 1.05. The fraction of sp³-hybridized carbons (Fsp3) is 0.571. The van der Waals surface area contributed by atoms with Gasteiger partial charge >= 0.3 is 6.18 Å². The van der Waals surface area contributed by atoms with Crippen molar-refractivity contribution < 1.29 is 13.2 Å². The molecule has 0 spiro atoms. The van der Waals surface area contributed by atoms with E-state index in [0.29, 0.717) is 11.6 Å². The van der Waals surface area contributed by atoms with E-state index in [4.69, 9.17) is 0 Å². The fourth-order valence-corrected chi connectivity index (χ4v) is 2.63. The second-order valence-corrected chi connectivity index (χ2v) is 5.16. The number of alkyl halides is 3. The number of halogens is 3. The molecule has 0 amide bonds. The maximum atomic E-state index is 12.8. The van der Waals surface area contributed by atoms with E-state index < -0.39 is 11.7 Å². The predicted octanol–water partition coefficient (Wildman–Crippen LogP) is 3.06. The molecule has 1 heterocycles. The Morgan fingerprint density at radius 3 is 2.74 bits per heavy atom. The van der Waals surface area contributed by atoms with Crippen LogP contribution in [0.25, 0.3) is 0 Å². The van der Waals surface area contributed by atoms with E-state index in [0.717, 1.165) is 37.7 Å². The first-order valence-electron chi connectivity index (χ1n) is 6.49. The van der Waals surface area contributed by atoms with Crippen LogP contribution in [-0.4, -0.2) is 26.7 Å². The quantitative estimate of drug-likeness (QED) is 0.909. The van der Waals surface area contributed by atoms with Crippen LogP contribution < -0.4 is 10.2 Å². The van der Waals surface area contributed by atoms with Gasteiger partial charge in [0.2, 0.25) is 0 Å². The summed E-state index contributed by atoms with van der Waals surface area (Å²) < 4.78 is 38.3. The molecule has 0 aromatic heterocycles. The van der Waals surface area contributed by atoms with E-state index in [1.807, 2.05) is 14.0 Å². The van der Waals surface area contributed by atoms with E-state index in [1.165, 1.54) is 6.07 Å². The summed E-state index contributed by atoms with van der Waals surface area (Å²) in [5.74, 6) is 0.513. The minimum Gasteiger partial charge on any atom is -0.371 e. The Balaban J connectivity index is 2.20. The Hall–Kier alpha value is -1.23. The molecule has 2 rings (SSSR count). The molecule has 0 saturated carbocycles. The lowest BCUT2D eigenvalue weighted by atomic mass is 10.1. The lowest BCUT2D eigenvalue weighted by molar-refractivity contribution is -0.137. The largest absolute Gasteiger partial charge is 0.416 e. The summed E-state index contributed by atoms with van der Waals surface area (Å²) in [6.07, 6.45) is -3.25. The van der Waals surface area contributed by atoms with Gasteiger partial charge in [0.05, 0.1) is 5.56 Å². The lowest BCUT2D eigenvalue weighted by Gasteiger charge is -2.22. The molecular formula is C14H19F3N2. The summed E-state index contributed by atoms with van der Waals surface area (Å²) in [6.45, 7) is 4.42. The fourth-order valence-electron chi connectivity index (χ4n) is 2.63. The van der Waals surface area contributed by atoms with Crippen LogP contribution >= 0.6 is 0 Å². The van der Waals surface area contributed by atoms with Gasteiger partial charge in [-0.05, 0) is 50.6 Å². The molecular weight excluding hydrogens is 253 g/mol. The van der Waals surface area contributed by atoms with Crippen molar-refractivity contribution in [2.45, 2.75) is 19.5 Å². The highest BCUT2D eigenvalue weighted by atomic mass is 19.4. The first-order chi connectivity index (χ1) is 8.91. The minimum absolute atomic E-state index is 0.513. The first-order valence-corrected chi connectivity index (χ1v) is 6.49. The number of anilines is 1. The standard InChI is InChI=1S/C14H19F3N2/c1-10-3-4-12(14(15,16)17)7-13(10)19-6-5-11(9-19)8-18-2/h3-4,7,11,18H,5-6,8-9H2,1-2H3. The molecule has 1 aliphatic rings. The molecule has 1 N–H and O–H groups in total. The smallest absolute Gasteiger partial charge is 0.371 e. The second-order valence-electron chi connectivity index (χ2n) is 5.16. The van der Waals surface area contributed by atoms with Crippen molar-refractivity contribution in [3.8, 4) is 0 Å². The topological polar surface area (TPSA) is 15.3 Å². The van der Waals surface area contributed by atoms with Gasteiger partial charge in [0.1, 0.15) is 0 Å². The van der Waals surface area contributed by atoms with Crippen molar-refractivity contribution in [3.63, 3.8) is 0 Å². The van der Waals surface area contributed by atoms with Crippen LogP contribution in [0.3, 0.4) is 0 Å². The van der Waals surface area contributed by atoms with Crippen LogP contribution in [0.4, 0.5) is 18.9 Å². The van der Waals surface area contributed by atoms with E-state index in [-0.39, 0.29) is 0 Å². The van der Waals surface area contributed by atoms with Gasteiger partial charge in [-0.25, -0.2) is 0 Å². The summed E-state index contributed by atoms with van der Waals surface area (Å²) in [7, 11) is 1.90. The normalized spacial score (nSPS) is 20.1. The van der Waals surface area contributed by atoms with Gasteiger partial charge < -0.3 is 10.2 Å². The average molecular weight is 272 g/mol. The molecule has 2 nitrogen and oxygen atoms in total. The Bertz CT molecular complexity index is 443. The van der Waals surface area contributed by atoms with Crippen LogP contribution in [0.2, 0.25) is 0 Å². The van der Waals surface area contributed by atoms with Crippen LogP contribution in [0.1, 0.15) is 17.5 Å². The van der Waals surface area contributed by atoms with Crippen molar-refractivity contribution in [3.05, 3.63) is 29.3 Å². The number of hydrogen-bond donors (Lipinski definition) is 1. The molecule has 1 aliphatic heterocycles. The molecule has 1 fully saturated rings. The van der Waals surface area contributed by atoms with E-state index in [2.05, 4.69) is 10.2 Å². The Kier molecular flexibility index (Phi) is 4.04. The monoisotopic (exact) mass is 272 g/mol. The first kappa shape index (κ1) is 14.2. The van der Waals surface area contributed by atoms with Crippen LogP contribution in [0.5, 0.6) is 0 Å². The highest BCUT2D eigenvalue weighted by Gasteiger charge is 2.32. The number of nitrogens with zero attached hydrogens (tertiary/aromatic N) is 1. The molecule has 1 aromatic rings. The zero-order chi connectivity index (χ0) is 14.0. The van der Waals surface area contributed by atoms with Gasteiger partial charge in [0.15, 0.2) is 0 Å². The van der Waals surface area contributed by atoms with Crippen molar-refractivity contribution in [1.82, 2.24) is 5.32 Å². The highest BCUT2D eigenvalue weighted by Crippen LogP contribution is 2.34. The zero-order valence-electron chi connectivity index (χ0n) is 11.2. The minimum atomic E-state index is -4.27. The van der Waals surface area contributed by atoms with E-state index >= 15 is 0 Å². The second kappa shape index (κ2) is 5.41. The van der Waals surface area contributed by atoms with Crippen molar-refractivity contribution in [1.29, 1.82) is 0 Å². The van der Waals surface area contributed by atoms with Crippen LogP contribution in [-0.2, 0) is 6.18 Å². The summed E-state index contributed by atoms with van der Waals surface area (Å²) >= 11 is 0. The Labute approximate surface area is 111 Å². The molecule has 1 unspecified atom stereocenters. The van der Waals surface area contributed by atoms with Crippen molar-refractivity contribution in [2.75, 3.05) is 31.6 Å². The molecule has 1 aromatic carbocycles. The van der Waals surface area contributed by atoms with Gasteiger partial charge in [-0.1, -0.05) is 6.07 Å². The molecule has 19 heavy (non-hydrogen) atoms. The third-order valence-electron chi connectivity index (χ3n) is 3.66. The van der Waals surface area contributed by atoms with Gasteiger partial charge in [-0.2, -0.15) is 13.2 Å². The van der Waals surface area contributed by atoms with Crippen molar-refractivity contribution >= 4 is 5.69 Å². The molecule has 106 valence electrons. The summed E-state index contributed by atoms with van der Waals surface area (Å²) in [5, 5.41) is 3.13. The molecule has 1 atom stereocenters. The number of hydrogen-bond acceptors (Lipinski definition) is 2. The van der Waals surface area contributed by atoms with Gasteiger partial charge in [0, 0.05) is 18.8 Å². The Morgan fingerprint density at radius 2 is 2.11 bits per heavy atom. The molecule has 0 aliphatic carbocycles. The number of aryl methyl sites for hydroxylation is 1. The van der Waals surface area contributed by atoms with E-state index in [1.54, 1.807) is 6.07 Å². The van der Waals surface area contributed by atoms with Gasteiger partial charge in [-0.15, -0.1) is 0 Å². The third kappa shape index (κ3) is 3.21. The molecule has 5 heteroatoms. The predicted molar refractivity (Wildman–Crippen MR) is 70.4 cm³/mol. The number of rotatable bonds is 3. The number of benzene rings is 1. The van der Waals surface area contributed by atoms with Crippen LogP contribution in [0.15, 0.2) is 18.2 Å². The van der Waals surface area contributed by atoms with Crippen molar-refractivity contribution in [2.24, 2.45) is 5.92 Å². The molecule has 0 radical (unpaired) electrons. The average Bonchev–Trinajstić information content (AvgIpc) is 2.77. The maximum absolute atomic E-state index is 12.8. The van der Waals surface area contributed by atoms with E-state index in [9.17, 15) is 13.2 Å². The maximum Gasteiger partial charge on any atom is 0.416 e. The zero-order valence-corrected chi connectivity index (χ0v) is 11.2. The SMILES string of the molecule is CNCC1CCN(c2cc(C(F)(F)F)ccc2C)C1. The third-order valence-corrected chi connectivity index (χ3v) is 3.66. The molecule has 1 saturated heterocycles. The molecule has 0 bridgehead atoms. The highest BCUT2D eigenvalue weighted by molar-refractivity contribution is 5.56. The lowest BCUT2D eigenvalue weighted by Crippen LogP contribution is -2.25. The summed E-state index contributed by atoms with van der Waals surface area (Å²) in [4.78, 5) is 2.06. The van der Waals surface area contributed by atoms with Crippen LogP contribution in [0, 0.1) is 12.8 Å². The van der Waals surface area contributed by atoms with Gasteiger partial charge in [0.25, 0.3) is 0 Å². The summed E-state index contributed by atoms with van der Waals surface area (Å²) in [6, 6.07) is 3.99. The van der Waals surface area contributed by atoms with Gasteiger partial charge in [-0.3, -0.25) is 0 Å². The Morgan fingerprint density at radius 1 is 1.37 bits per heavy atom.